The van der Waals surface area contributed by atoms with Crippen molar-refractivity contribution in [2.45, 2.75) is 32.2 Å². The summed E-state index contributed by atoms with van der Waals surface area (Å²) >= 11 is 0. The first kappa shape index (κ1) is 10.8. The molecule has 3 heteroatoms. The average Bonchev–Trinajstić information content (AvgIpc) is 2.56. The van der Waals surface area contributed by atoms with E-state index < -0.39 is 0 Å². The molecule has 0 aliphatic heterocycles. The van der Waals surface area contributed by atoms with Crippen molar-refractivity contribution in [3.63, 3.8) is 0 Å². The Morgan fingerprint density at radius 2 is 2.43 bits per heavy atom. The predicted molar refractivity (Wildman–Crippen MR) is 57.6 cm³/mol. The molecule has 0 saturated heterocycles. The van der Waals surface area contributed by atoms with Gasteiger partial charge < -0.3 is 5.73 Å². The normalized spacial score (nSPS) is 12.4. The number of hydrogen-bond acceptors (Lipinski definition) is 2. The Morgan fingerprint density at radius 3 is 2.93 bits per heavy atom. The number of nitrogens with two attached hydrogens (primary N) is 1. The first-order valence-electron chi connectivity index (χ1n) is 4.90. The predicted octanol–water partition coefficient (Wildman–Crippen LogP) is 1.40. The molecule has 1 heterocycles. The first-order chi connectivity index (χ1) is 6.69. The molecule has 0 aliphatic rings. The second-order valence-corrected chi connectivity index (χ2v) is 3.39. The molecule has 0 spiro atoms. The Bertz CT molecular complexity index is 333. The summed E-state index contributed by atoms with van der Waals surface area (Å²) < 4.78 is 1.85. The monoisotopic (exact) mass is 191 g/mol. The standard InChI is InChI=1S/C11H17N3/c1-4-6-7-10(12)11-8-9(5-2)13-14(11)3/h1,8,10H,5-7,12H2,2-3H3. The lowest BCUT2D eigenvalue weighted by atomic mass is 10.1. The fourth-order valence-corrected chi connectivity index (χ4v) is 1.45. The molecule has 3 nitrogen and oxygen atoms in total. The van der Waals surface area contributed by atoms with Crippen LogP contribution in [-0.4, -0.2) is 9.78 Å². The summed E-state index contributed by atoms with van der Waals surface area (Å²) in [5.41, 5.74) is 8.14. The molecule has 0 radical (unpaired) electrons. The van der Waals surface area contributed by atoms with Crippen LogP contribution in [0.1, 0.15) is 37.2 Å². The summed E-state index contributed by atoms with van der Waals surface area (Å²) in [6.45, 7) is 2.08. The fourth-order valence-electron chi connectivity index (χ4n) is 1.45. The van der Waals surface area contributed by atoms with Gasteiger partial charge in [-0.3, -0.25) is 4.68 Å². The Balaban J connectivity index is 2.74. The maximum Gasteiger partial charge on any atom is 0.0625 e. The van der Waals surface area contributed by atoms with Gasteiger partial charge in [0.05, 0.1) is 11.4 Å². The van der Waals surface area contributed by atoms with Crippen molar-refractivity contribution in [1.82, 2.24) is 9.78 Å². The molecule has 0 aliphatic carbocycles. The van der Waals surface area contributed by atoms with E-state index >= 15 is 0 Å². The molecule has 0 aromatic carbocycles. The molecule has 1 aromatic rings. The highest BCUT2D eigenvalue weighted by Gasteiger charge is 2.11. The number of hydrogen-bond donors (Lipinski definition) is 1. The lowest BCUT2D eigenvalue weighted by molar-refractivity contribution is 0.588. The number of terminal acetylenes is 1. The van der Waals surface area contributed by atoms with E-state index in [0.717, 1.165) is 24.2 Å². The van der Waals surface area contributed by atoms with Crippen molar-refractivity contribution in [1.29, 1.82) is 0 Å². The first-order valence-corrected chi connectivity index (χ1v) is 4.90. The fraction of sp³-hybridized carbons (Fsp3) is 0.545. The van der Waals surface area contributed by atoms with Gasteiger partial charge in [0.25, 0.3) is 0 Å². The smallest absolute Gasteiger partial charge is 0.0625 e. The molecule has 2 N–H and O–H groups in total. The van der Waals surface area contributed by atoms with Crippen LogP contribution in [-0.2, 0) is 13.5 Å². The molecule has 1 aromatic heterocycles. The van der Waals surface area contributed by atoms with Crippen molar-refractivity contribution in [2.75, 3.05) is 0 Å². The van der Waals surface area contributed by atoms with Gasteiger partial charge in [-0.05, 0) is 18.9 Å². The maximum absolute atomic E-state index is 5.99. The molecule has 0 amide bonds. The van der Waals surface area contributed by atoms with Gasteiger partial charge in [-0.1, -0.05) is 6.92 Å². The second-order valence-electron chi connectivity index (χ2n) is 3.39. The van der Waals surface area contributed by atoms with Crippen LogP contribution in [0.2, 0.25) is 0 Å². The minimum absolute atomic E-state index is 0.00356. The van der Waals surface area contributed by atoms with Crippen molar-refractivity contribution in [3.8, 4) is 12.3 Å². The zero-order chi connectivity index (χ0) is 10.6. The molecule has 14 heavy (non-hydrogen) atoms. The van der Waals surface area contributed by atoms with E-state index in [0.29, 0.717) is 6.42 Å². The largest absolute Gasteiger partial charge is 0.323 e. The summed E-state index contributed by atoms with van der Waals surface area (Å²) in [6.07, 6.45) is 7.67. The van der Waals surface area contributed by atoms with E-state index in [4.69, 9.17) is 12.2 Å². The Morgan fingerprint density at radius 1 is 1.71 bits per heavy atom. The molecule has 76 valence electrons. The van der Waals surface area contributed by atoms with Gasteiger partial charge in [0.2, 0.25) is 0 Å². The van der Waals surface area contributed by atoms with Crippen LogP contribution in [0.15, 0.2) is 6.07 Å². The number of rotatable bonds is 4. The van der Waals surface area contributed by atoms with Crippen LogP contribution < -0.4 is 5.73 Å². The van der Waals surface area contributed by atoms with Crippen molar-refractivity contribution in [2.24, 2.45) is 12.8 Å². The highest BCUT2D eigenvalue weighted by Crippen LogP contribution is 2.16. The van der Waals surface area contributed by atoms with Crippen LogP contribution in [0.5, 0.6) is 0 Å². The minimum Gasteiger partial charge on any atom is -0.323 e. The van der Waals surface area contributed by atoms with Gasteiger partial charge in [0.15, 0.2) is 0 Å². The molecule has 1 rings (SSSR count). The lowest BCUT2D eigenvalue weighted by Gasteiger charge is -2.09. The van der Waals surface area contributed by atoms with Gasteiger partial charge in [-0.15, -0.1) is 12.3 Å². The second kappa shape index (κ2) is 4.83. The van der Waals surface area contributed by atoms with Crippen LogP contribution in [0.3, 0.4) is 0 Å². The van der Waals surface area contributed by atoms with Gasteiger partial charge in [0, 0.05) is 19.5 Å². The number of nitrogens with zero attached hydrogens (tertiary/aromatic N) is 2. The third-order valence-corrected chi connectivity index (χ3v) is 2.31. The summed E-state index contributed by atoms with van der Waals surface area (Å²) in [7, 11) is 1.92. The van der Waals surface area contributed by atoms with E-state index in [1.807, 2.05) is 11.7 Å². The zero-order valence-corrected chi connectivity index (χ0v) is 8.83. The minimum atomic E-state index is 0.00356. The molecule has 0 saturated carbocycles. The molecule has 0 bridgehead atoms. The van der Waals surface area contributed by atoms with E-state index in [2.05, 4.69) is 24.0 Å². The topological polar surface area (TPSA) is 43.8 Å². The number of aryl methyl sites for hydroxylation is 2. The summed E-state index contributed by atoms with van der Waals surface area (Å²) in [5.74, 6) is 2.60. The van der Waals surface area contributed by atoms with Gasteiger partial charge >= 0.3 is 0 Å². The Hall–Kier alpha value is -1.27. The van der Waals surface area contributed by atoms with E-state index in [9.17, 15) is 0 Å². The van der Waals surface area contributed by atoms with Crippen molar-refractivity contribution in [3.05, 3.63) is 17.5 Å². The van der Waals surface area contributed by atoms with Gasteiger partial charge in [0.1, 0.15) is 0 Å². The van der Waals surface area contributed by atoms with Crippen LogP contribution in [0.25, 0.3) is 0 Å². The van der Waals surface area contributed by atoms with E-state index in [1.54, 1.807) is 0 Å². The van der Waals surface area contributed by atoms with Crippen LogP contribution in [0, 0.1) is 12.3 Å². The molecule has 0 fully saturated rings. The van der Waals surface area contributed by atoms with Gasteiger partial charge in [-0.2, -0.15) is 5.10 Å². The molecular weight excluding hydrogens is 174 g/mol. The third kappa shape index (κ3) is 2.36. The quantitative estimate of drug-likeness (QED) is 0.731. The highest BCUT2D eigenvalue weighted by molar-refractivity contribution is 5.14. The van der Waals surface area contributed by atoms with Gasteiger partial charge in [-0.25, -0.2) is 0 Å². The summed E-state index contributed by atoms with van der Waals surface area (Å²) in [6, 6.07) is 2.06. The third-order valence-electron chi connectivity index (χ3n) is 2.31. The summed E-state index contributed by atoms with van der Waals surface area (Å²) in [4.78, 5) is 0. The average molecular weight is 191 g/mol. The molecular formula is C11H17N3. The van der Waals surface area contributed by atoms with E-state index in [-0.39, 0.29) is 6.04 Å². The molecule has 1 atom stereocenters. The van der Waals surface area contributed by atoms with Crippen molar-refractivity contribution < 1.29 is 0 Å². The lowest BCUT2D eigenvalue weighted by Crippen LogP contribution is -2.14. The van der Waals surface area contributed by atoms with Crippen LogP contribution in [0.4, 0.5) is 0 Å². The SMILES string of the molecule is C#CCCC(N)c1cc(CC)nn1C. The summed E-state index contributed by atoms with van der Waals surface area (Å²) in [5, 5.41) is 4.34. The van der Waals surface area contributed by atoms with Crippen LogP contribution >= 0.6 is 0 Å². The van der Waals surface area contributed by atoms with E-state index in [1.165, 1.54) is 0 Å². The maximum atomic E-state index is 5.99. The zero-order valence-electron chi connectivity index (χ0n) is 8.83. The highest BCUT2D eigenvalue weighted by atomic mass is 15.3. The van der Waals surface area contributed by atoms with Crippen molar-refractivity contribution >= 4 is 0 Å². The Labute approximate surface area is 85.3 Å². The number of aromatic nitrogens is 2. The molecule has 1 unspecified atom stereocenters. The Kier molecular flexibility index (Phi) is 3.73.